The molecular formula is C18H20ClN3OS. The Labute approximate surface area is 150 Å². The van der Waals surface area contributed by atoms with E-state index in [2.05, 4.69) is 24.3 Å². The van der Waals surface area contributed by atoms with Crippen LogP contribution in [0.2, 0.25) is 5.02 Å². The van der Waals surface area contributed by atoms with E-state index in [1.165, 1.54) is 11.3 Å². The molecule has 3 aromatic rings. The van der Waals surface area contributed by atoms with E-state index in [1.807, 2.05) is 41.9 Å². The van der Waals surface area contributed by atoms with Gasteiger partial charge in [-0.3, -0.25) is 9.48 Å². The minimum absolute atomic E-state index is 0.0117. The average Bonchev–Trinajstić information content (AvgIpc) is 3.09. The van der Waals surface area contributed by atoms with Crippen LogP contribution in [0.1, 0.15) is 34.8 Å². The molecule has 2 aromatic heterocycles. The van der Waals surface area contributed by atoms with Crippen molar-refractivity contribution in [1.82, 2.24) is 15.1 Å². The van der Waals surface area contributed by atoms with Gasteiger partial charge in [-0.25, -0.2) is 0 Å². The molecule has 0 radical (unpaired) electrons. The fraction of sp³-hybridized carbons (Fsp3) is 0.333. The highest BCUT2D eigenvalue weighted by Crippen LogP contribution is 2.29. The van der Waals surface area contributed by atoms with Crippen molar-refractivity contribution in [1.29, 1.82) is 0 Å². The lowest BCUT2D eigenvalue weighted by Crippen LogP contribution is -2.26. The number of halogens is 1. The summed E-state index contributed by atoms with van der Waals surface area (Å²) in [6, 6.07) is 9.69. The smallest absolute Gasteiger partial charge is 0.261 e. The van der Waals surface area contributed by atoms with Crippen LogP contribution in [-0.2, 0) is 6.54 Å². The van der Waals surface area contributed by atoms with Crippen LogP contribution >= 0.6 is 22.9 Å². The Morgan fingerprint density at radius 2 is 2.04 bits per heavy atom. The van der Waals surface area contributed by atoms with Gasteiger partial charge < -0.3 is 5.32 Å². The molecule has 0 saturated carbocycles. The molecule has 24 heavy (non-hydrogen) atoms. The second-order valence-electron chi connectivity index (χ2n) is 6.30. The molecule has 0 aliphatic carbocycles. The number of benzene rings is 1. The van der Waals surface area contributed by atoms with Crippen molar-refractivity contribution >= 4 is 39.1 Å². The summed E-state index contributed by atoms with van der Waals surface area (Å²) in [6.07, 6.45) is 0. The van der Waals surface area contributed by atoms with Crippen LogP contribution in [0, 0.1) is 12.8 Å². The first kappa shape index (κ1) is 17.0. The van der Waals surface area contributed by atoms with Gasteiger partial charge in [0.2, 0.25) is 0 Å². The lowest BCUT2D eigenvalue weighted by Gasteiger charge is -2.06. The summed E-state index contributed by atoms with van der Waals surface area (Å²) >= 11 is 7.43. The number of rotatable bonds is 5. The third-order valence-corrected chi connectivity index (χ3v) is 5.15. The summed E-state index contributed by atoms with van der Waals surface area (Å²) in [7, 11) is 0. The monoisotopic (exact) mass is 361 g/mol. The first-order valence-corrected chi connectivity index (χ1v) is 9.13. The van der Waals surface area contributed by atoms with Crippen molar-refractivity contribution in [2.45, 2.75) is 27.3 Å². The Balaban J connectivity index is 1.87. The molecule has 0 saturated heterocycles. The molecule has 3 rings (SSSR count). The van der Waals surface area contributed by atoms with E-state index in [1.54, 1.807) is 0 Å². The molecule has 0 bridgehead atoms. The van der Waals surface area contributed by atoms with Crippen molar-refractivity contribution in [3.05, 3.63) is 51.5 Å². The highest BCUT2D eigenvalue weighted by atomic mass is 35.5. The zero-order valence-corrected chi connectivity index (χ0v) is 15.5. The maximum Gasteiger partial charge on any atom is 0.261 e. The van der Waals surface area contributed by atoms with Crippen LogP contribution in [0.3, 0.4) is 0 Å². The highest BCUT2D eigenvalue weighted by Gasteiger charge is 2.16. The van der Waals surface area contributed by atoms with E-state index >= 15 is 0 Å². The largest absolute Gasteiger partial charge is 0.351 e. The second-order valence-corrected chi connectivity index (χ2v) is 7.77. The number of aromatic nitrogens is 2. The topological polar surface area (TPSA) is 46.9 Å². The Morgan fingerprint density at radius 3 is 2.71 bits per heavy atom. The van der Waals surface area contributed by atoms with E-state index < -0.39 is 0 Å². The van der Waals surface area contributed by atoms with Crippen LogP contribution in [0.4, 0.5) is 0 Å². The number of hydrogen-bond acceptors (Lipinski definition) is 3. The SMILES string of the molecule is Cc1nn(Cc2ccc(Cl)cc2)c2sc(C(=O)NCC(C)C)cc12. The summed E-state index contributed by atoms with van der Waals surface area (Å²) in [6.45, 7) is 7.49. The number of thiophene rings is 1. The Bertz CT molecular complexity index is 864. The molecule has 0 aliphatic rings. The van der Waals surface area contributed by atoms with Crippen molar-refractivity contribution < 1.29 is 4.79 Å². The van der Waals surface area contributed by atoms with Gasteiger partial charge in [-0.05, 0) is 36.6 Å². The molecule has 2 heterocycles. The lowest BCUT2D eigenvalue weighted by molar-refractivity contribution is 0.0953. The van der Waals surface area contributed by atoms with Crippen LogP contribution in [0.25, 0.3) is 10.2 Å². The van der Waals surface area contributed by atoms with Gasteiger partial charge in [0.1, 0.15) is 4.83 Å². The van der Waals surface area contributed by atoms with Gasteiger partial charge in [-0.2, -0.15) is 5.10 Å². The summed E-state index contributed by atoms with van der Waals surface area (Å²) in [4.78, 5) is 14.0. The molecule has 1 amide bonds. The maximum atomic E-state index is 12.3. The molecule has 126 valence electrons. The highest BCUT2D eigenvalue weighted by molar-refractivity contribution is 7.20. The number of carbonyl (C=O) groups is 1. The van der Waals surface area contributed by atoms with Gasteiger partial charge in [0.05, 0.1) is 17.1 Å². The molecule has 1 N–H and O–H groups in total. The number of hydrogen-bond donors (Lipinski definition) is 1. The molecule has 0 spiro atoms. The molecular weight excluding hydrogens is 342 g/mol. The van der Waals surface area contributed by atoms with Gasteiger partial charge >= 0.3 is 0 Å². The van der Waals surface area contributed by atoms with Crippen molar-refractivity contribution in [2.24, 2.45) is 5.92 Å². The minimum atomic E-state index is -0.0117. The van der Waals surface area contributed by atoms with Crippen LogP contribution in [0.15, 0.2) is 30.3 Å². The fourth-order valence-corrected chi connectivity index (χ4v) is 3.68. The quantitative estimate of drug-likeness (QED) is 0.727. The zero-order valence-electron chi connectivity index (χ0n) is 14.0. The lowest BCUT2D eigenvalue weighted by atomic mass is 10.2. The predicted octanol–water partition coefficient (Wildman–Crippen LogP) is 4.49. The van der Waals surface area contributed by atoms with E-state index in [0.717, 1.165) is 31.4 Å². The summed E-state index contributed by atoms with van der Waals surface area (Å²) in [5.74, 6) is 0.424. The second kappa shape index (κ2) is 6.95. The van der Waals surface area contributed by atoms with Gasteiger partial charge in [0, 0.05) is 17.0 Å². The number of nitrogens with one attached hydrogen (secondary N) is 1. The van der Waals surface area contributed by atoms with Crippen LogP contribution < -0.4 is 5.32 Å². The average molecular weight is 362 g/mol. The van der Waals surface area contributed by atoms with Crippen molar-refractivity contribution in [2.75, 3.05) is 6.54 Å². The van der Waals surface area contributed by atoms with Crippen molar-refractivity contribution in [3.63, 3.8) is 0 Å². The van der Waals surface area contributed by atoms with Crippen molar-refractivity contribution in [3.8, 4) is 0 Å². The normalized spacial score (nSPS) is 11.4. The molecule has 6 heteroatoms. The molecule has 0 fully saturated rings. The number of nitrogens with zero attached hydrogens (tertiary/aromatic N) is 2. The van der Waals surface area contributed by atoms with Crippen LogP contribution in [-0.4, -0.2) is 22.2 Å². The standard InChI is InChI=1S/C18H20ClN3OS/c1-11(2)9-20-17(23)16-8-15-12(3)21-22(18(15)24-16)10-13-4-6-14(19)7-5-13/h4-8,11H,9-10H2,1-3H3,(H,20,23). The van der Waals surface area contributed by atoms with E-state index in [-0.39, 0.29) is 5.91 Å². The van der Waals surface area contributed by atoms with Gasteiger partial charge in [-0.15, -0.1) is 11.3 Å². The summed E-state index contributed by atoms with van der Waals surface area (Å²) < 4.78 is 1.96. The predicted molar refractivity (Wildman–Crippen MR) is 100 cm³/mol. The first-order chi connectivity index (χ1) is 11.4. The first-order valence-electron chi connectivity index (χ1n) is 7.93. The third kappa shape index (κ3) is 3.62. The third-order valence-electron chi connectivity index (χ3n) is 3.75. The molecule has 0 unspecified atom stereocenters. The molecule has 4 nitrogen and oxygen atoms in total. The molecule has 0 atom stereocenters. The number of amides is 1. The number of aryl methyl sites for hydroxylation is 1. The number of carbonyl (C=O) groups excluding carboxylic acids is 1. The molecule has 0 aliphatic heterocycles. The van der Waals surface area contributed by atoms with E-state index in [9.17, 15) is 4.79 Å². The van der Waals surface area contributed by atoms with Gasteiger partial charge in [0.25, 0.3) is 5.91 Å². The minimum Gasteiger partial charge on any atom is -0.351 e. The summed E-state index contributed by atoms with van der Waals surface area (Å²) in [5.41, 5.74) is 2.07. The zero-order chi connectivity index (χ0) is 17.3. The molecule has 1 aromatic carbocycles. The van der Waals surface area contributed by atoms with Gasteiger partial charge in [-0.1, -0.05) is 37.6 Å². The number of fused-ring (bicyclic) bond motifs is 1. The Kier molecular flexibility index (Phi) is 4.92. The Morgan fingerprint density at radius 1 is 1.33 bits per heavy atom. The Hall–Kier alpha value is -1.85. The van der Waals surface area contributed by atoms with E-state index in [4.69, 9.17) is 11.6 Å². The van der Waals surface area contributed by atoms with Crippen LogP contribution in [0.5, 0.6) is 0 Å². The van der Waals surface area contributed by atoms with E-state index in [0.29, 0.717) is 19.0 Å². The maximum absolute atomic E-state index is 12.3. The fourth-order valence-electron chi connectivity index (χ4n) is 2.48. The summed E-state index contributed by atoms with van der Waals surface area (Å²) in [5, 5.41) is 9.34. The van der Waals surface area contributed by atoms with Gasteiger partial charge in [0.15, 0.2) is 0 Å².